The fourth-order valence-electron chi connectivity index (χ4n) is 11.1. The van der Waals surface area contributed by atoms with Crippen LogP contribution >= 0.6 is 22.6 Å². The summed E-state index contributed by atoms with van der Waals surface area (Å²) in [6.45, 7) is 19.2. The average Bonchev–Trinajstić information content (AvgIpc) is 1.59. The van der Waals surface area contributed by atoms with Crippen LogP contribution in [0, 0.1) is 29.8 Å². The third-order valence-corrected chi connectivity index (χ3v) is 19.2. The van der Waals surface area contributed by atoms with E-state index in [1.165, 1.54) is 67.9 Å². The Morgan fingerprint density at radius 3 is 1.90 bits per heavy atom. The van der Waals surface area contributed by atoms with Crippen molar-refractivity contribution in [2.45, 2.75) is 116 Å². The second-order valence-electron chi connectivity index (χ2n) is 24.4. The number of aromatic hydroxyl groups is 1. The number of esters is 3. The fraction of sp³-hybridized carbons (Fsp3) is 0.352. The van der Waals surface area contributed by atoms with Gasteiger partial charge in [0.2, 0.25) is 21.8 Å². The quantitative estimate of drug-likeness (QED) is 0.0398. The van der Waals surface area contributed by atoms with E-state index in [2.05, 4.69) is 78.0 Å². The predicted molar refractivity (Wildman–Crippen MR) is 388 cm³/mol. The summed E-state index contributed by atoms with van der Waals surface area (Å²) in [7, 11) is -4.08. The largest absolute Gasteiger partial charge is 1.00 e. The van der Waals surface area contributed by atoms with Gasteiger partial charge in [0.05, 0.1) is 86.2 Å². The zero-order valence-corrected chi connectivity index (χ0v) is 65.8. The third kappa shape index (κ3) is 19.2. The van der Waals surface area contributed by atoms with Crippen LogP contribution in [-0.4, -0.2) is 144 Å². The van der Waals surface area contributed by atoms with Crippen LogP contribution in [0.25, 0.3) is 15.8 Å². The van der Waals surface area contributed by atoms with Crippen LogP contribution < -0.4 is 49.9 Å². The van der Waals surface area contributed by atoms with E-state index in [4.69, 9.17) is 28.6 Å². The number of aryl methyl sites for hydroxylation is 5. The van der Waals surface area contributed by atoms with E-state index in [1.54, 1.807) is 23.2 Å². The number of nitrogens with one attached hydrogen (secondary N) is 1. The van der Waals surface area contributed by atoms with Crippen molar-refractivity contribution in [3.05, 3.63) is 189 Å². The molecule has 0 saturated carbocycles. The molecule has 3 aromatic heterocycles. The van der Waals surface area contributed by atoms with Gasteiger partial charge in [-0.3, -0.25) is 19.2 Å². The molecular weight excluding hydrogens is 1510 g/mol. The first-order valence-corrected chi connectivity index (χ1v) is 36.7. The number of anilines is 1. The van der Waals surface area contributed by atoms with Gasteiger partial charge in [0.15, 0.2) is 38.9 Å². The van der Waals surface area contributed by atoms with Gasteiger partial charge in [0.25, 0.3) is 5.56 Å². The number of rotatable bonds is 17. The van der Waals surface area contributed by atoms with E-state index in [9.17, 15) is 50.7 Å². The van der Waals surface area contributed by atoms with Crippen LogP contribution in [-0.2, 0) is 91.9 Å². The van der Waals surface area contributed by atoms with Gasteiger partial charge in [-0.05, 0) is 136 Å². The average molecular weight is 1590 g/mol. The number of halogens is 1. The topological polar surface area (TPSA) is 373 Å². The van der Waals surface area contributed by atoms with Crippen molar-refractivity contribution in [1.29, 1.82) is 0 Å². The molecule has 11 rings (SSSR count). The molecule has 2 amide bonds. The molecule has 546 valence electrons. The monoisotopic (exact) mass is 1590 g/mol. The first-order valence-electron chi connectivity index (χ1n) is 32.3. The number of benzene rings is 5. The second kappa shape index (κ2) is 35.5. The maximum Gasteiger partial charge on any atom is 1.00 e. The Labute approximate surface area is 637 Å². The van der Waals surface area contributed by atoms with Gasteiger partial charge in [-0.2, -0.15) is 15.1 Å². The van der Waals surface area contributed by atoms with Gasteiger partial charge in [0.1, 0.15) is 23.6 Å². The minimum absolute atomic E-state index is 0. The second-order valence-corrected chi connectivity index (χ2v) is 29.2. The van der Waals surface area contributed by atoms with Crippen LogP contribution in [0.2, 0.25) is 0 Å². The molecule has 0 saturated heterocycles. The summed E-state index contributed by atoms with van der Waals surface area (Å²) >= 11 is 1.86. The Balaban J connectivity index is 0.000000194. The van der Waals surface area contributed by atoms with E-state index >= 15 is 0 Å². The molecule has 0 bridgehead atoms. The molecule has 5 aromatic carbocycles. The van der Waals surface area contributed by atoms with E-state index < -0.39 is 59.5 Å². The van der Waals surface area contributed by atoms with Gasteiger partial charge >= 0.3 is 53.5 Å². The molecule has 104 heavy (non-hydrogen) atoms. The van der Waals surface area contributed by atoms with Crippen LogP contribution in [0.4, 0.5) is 10.7 Å². The molecule has 6 heterocycles. The predicted octanol–water partition coefficient (Wildman–Crippen LogP) is 7.07. The van der Waals surface area contributed by atoms with Crippen molar-refractivity contribution in [3.8, 4) is 28.9 Å². The Morgan fingerprint density at radius 2 is 1.37 bits per heavy atom. The molecule has 3 aliphatic heterocycles. The Hall–Kier alpha value is -9.19. The Kier molecular flexibility index (Phi) is 28.0. The number of ketones is 1. The van der Waals surface area contributed by atoms with Crippen LogP contribution in [0.1, 0.15) is 125 Å². The minimum atomic E-state index is -4.51. The Bertz CT molecular complexity index is 4820. The number of nitrogens with zero attached hydrogens (tertiary/aromatic N) is 10. The number of carbonyl (C=O) groups excluding carboxylic acids is 5. The molecule has 33 heteroatoms. The maximum atomic E-state index is 13.5. The van der Waals surface area contributed by atoms with Crippen molar-refractivity contribution >= 4 is 89.5 Å². The molecule has 0 radical (unpaired) electrons. The zero-order chi connectivity index (χ0) is 75.3. The van der Waals surface area contributed by atoms with Gasteiger partial charge in [-0.15, -0.1) is 0 Å². The standard InChI is InChI=1S/C23H32N2O4.C18H17NO3.C16H17N3O5S.C14H14IN5O6S.Na/c1-7-16-13-15(3)14-17(8-2)18(16)19-20(26)24-9-11-28-12-10-25(24)21(19)29-22(27)23(4,5)6;1-2-21-17(20)16-13-18(22-19-16,14-9-5-3-6-10-14)15-11-7-4-8-12-15;1-9-10(15(20)11-8-17-19(2)16(11)21)4-5-13(25(3,22)23)14(9)12-6-7-24-18-12;1-7-16-12(19-14(17-7)26-3)18-13(22)20-27(23,24)10-6-8(15)4-5-9(10)11(21)25-2;/h13-14H,7-12H2,1-6H3;3-12H,2,13H2,1H3;4-5,8,21H,6-7H2,1-3H3;4-6H,1-3H3,(H2,16,17,18,19,20,22);/q;;;;+1/p-1. The van der Waals surface area contributed by atoms with Gasteiger partial charge in [0, 0.05) is 45.5 Å². The van der Waals surface area contributed by atoms with Crippen molar-refractivity contribution in [2.75, 3.05) is 52.2 Å². The number of methoxy groups -OCH3 is 2. The van der Waals surface area contributed by atoms with Crippen LogP contribution in [0.15, 0.2) is 134 Å². The maximum absolute atomic E-state index is 13.5. The number of hydrogen-bond acceptors (Lipinski definition) is 24. The smallest absolute Gasteiger partial charge is 0.493 e. The minimum Gasteiger partial charge on any atom is -0.493 e. The number of ether oxygens (including phenoxy) is 5. The van der Waals surface area contributed by atoms with Crippen molar-refractivity contribution in [1.82, 2.24) is 34.1 Å². The first kappa shape index (κ1) is 82.1. The van der Waals surface area contributed by atoms with Crippen LogP contribution in [0.3, 0.4) is 0 Å². The number of amides is 2. The summed E-state index contributed by atoms with van der Waals surface area (Å²) in [6.07, 6.45) is 4.79. The van der Waals surface area contributed by atoms with Gasteiger partial charge < -0.3 is 48.5 Å². The van der Waals surface area contributed by atoms with Gasteiger partial charge in [-0.1, -0.05) is 103 Å². The molecule has 2 N–H and O–H groups in total. The number of sulfonamides is 1. The summed E-state index contributed by atoms with van der Waals surface area (Å²) in [5, 5.41) is 23.8. The number of carbonyl (C=O) groups is 5. The van der Waals surface area contributed by atoms with E-state index in [1.807, 2.05) is 104 Å². The van der Waals surface area contributed by atoms with Crippen molar-refractivity contribution in [2.24, 2.45) is 22.8 Å². The Morgan fingerprint density at radius 1 is 0.750 bits per heavy atom. The number of hydrogen-bond donors (Lipinski definition) is 2. The first-order chi connectivity index (χ1) is 48.8. The number of urea groups is 1. The fourth-order valence-corrected chi connectivity index (χ4v) is 13.9. The van der Waals surface area contributed by atoms with E-state index in [0.29, 0.717) is 89.9 Å². The van der Waals surface area contributed by atoms with Crippen molar-refractivity contribution in [3.63, 3.8) is 0 Å². The molecule has 29 nitrogen and oxygen atoms in total. The molecule has 0 unspecified atom stereocenters. The number of aromatic nitrogens is 7. The summed E-state index contributed by atoms with van der Waals surface area (Å²) < 4.78 is 83.5. The van der Waals surface area contributed by atoms with Crippen molar-refractivity contribution < 1.29 is 109 Å². The molecule has 8 aromatic rings. The summed E-state index contributed by atoms with van der Waals surface area (Å²) in [6, 6.07) is 29.4. The van der Waals surface area contributed by atoms with E-state index in [-0.39, 0.29) is 86.3 Å². The SMILES string of the molecule is CCOC(=O)C1=NOC(c2ccccc2)(c2ccccc2)C1.CCc1cc(C)cc(CC)c1-c1c(OC(=O)C(C)(C)C)n2n(c1=O)CCOCC2.COC(=O)c1ccc(I)cc1S(=O)(=O)[N-]C(=O)Nc1nc(C)nc(OC)n1.Cc1c(C(=O)c2cnn(C)c2O)ccc(S(C)(=O)=O)c1C1=NOCC1.[Na+]. The molecule has 3 aliphatic rings. The summed E-state index contributed by atoms with van der Waals surface area (Å²) in [4.78, 5) is 96.8. The molecule has 0 fully saturated rings. The number of sulfone groups is 1. The molecular formula is C71H79IN11NaO18S2. The number of oxime groups is 2. The normalized spacial score (nSPS) is 13.6. The summed E-state index contributed by atoms with van der Waals surface area (Å²) in [5.74, 6) is -2.00. The number of fused-ring (bicyclic) bond motifs is 1. The van der Waals surface area contributed by atoms with Gasteiger partial charge in [-0.25, -0.2) is 45.5 Å². The molecule has 0 atom stereocenters. The molecule has 0 spiro atoms. The molecule has 0 aliphatic carbocycles. The zero-order valence-electron chi connectivity index (χ0n) is 60.0. The summed E-state index contributed by atoms with van der Waals surface area (Å²) in [5.41, 5.74) is 6.88. The third-order valence-electron chi connectivity index (χ3n) is 16.1. The van der Waals surface area contributed by atoms with Crippen LogP contribution in [0.5, 0.6) is 17.8 Å². The van der Waals surface area contributed by atoms with E-state index in [0.717, 1.165) is 54.0 Å².